The maximum absolute atomic E-state index is 13.4. The number of aliphatic hydroxyl groups is 1. The molecule has 6 heteroatoms. The predicted octanol–water partition coefficient (Wildman–Crippen LogP) is 5.57. The molecular weight excluding hydrogens is 450 g/mol. The van der Waals surface area contributed by atoms with E-state index in [9.17, 15) is 14.7 Å². The summed E-state index contributed by atoms with van der Waals surface area (Å²) in [7, 11) is 1.73. The summed E-state index contributed by atoms with van der Waals surface area (Å²) in [5.74, 6) is 1.18. The van der Waals surface area contributed by atoms with Crippen LogP contribution in [0, 0.1) is 5.92 Å². The van der Waals surface area contributed by atoms with Gasteiger partial charge in [-0.05, 0) is 54.5 Å². The van der Waals surface area contributed by atoms with Crippen molar-refractivity contribution in [2.75, 3.05) is 32.1 Å². The number of carbonyl (C=O) groups excluding carboxylic acids is 2. The third-order valence-electron chi connectivity index (χ3n) is 7.16. The van der Waals surface area contributed by atoms with E-state index in [1.807, 2.05) is 41.3 Å². The van der Waals surface area contributed by atoms with E-state index in [0.29, 0.717) is 31.5 Å². The molecule has 0 atom stereocenters. The molecule has 0 radical (unpaired) electrons. The van der Waals surface area contributed by atoms with Gasteiger partial charge in [-0.25, -0.2) is 0 Å². The third kappa shape index (κ3) is 5.93. The zero-order chi connectivity index (χ0) is 25.5. The van der Waals surface area contributed by atoms with Gasteiger partial charge in [-0.2, -0.15) is 0 Å². The molecule has 0 aromatic heterocycles. The summed E-state index contributed by atoms with van der Waals surface area (Å²) in [6, 6.07) is 14.1. The molecule has 36 heavy (non-hydrogen) atoms. The summed E-state index contributed by atoms with van der Waals surface area (Å²) >= 11 is 0. The van der Waals surface area contributed by atoms with Gasteiger partial charge in [0.15, 0.2) is 5.78 Å². The summed E-state index contributed by atoms with van der Waals surface area (Å²) in [5.41, 5.74) is 5.40. The van der Waals surface area contributed by atoms with Gasteiger partial charge in [0.05, 0.1) is 0 Å². The summed E-state index contributed by atoms with van der Waals surface area (Å²) in [4.78, 5) is 32.3. The van der Waals surface area contributed by atoms with Crippen molar-refractivity contribution in [3.63, 3.8) is 0 Å². The number of hydrogen-bond donors (Lipinski definition) is 2. The van der Waals surface area contributed by atoms with Crippen molar-refractivity contribution in [2.45, 2.75) is 51.9 Å². The Hall–Kier alpha value is -3.25. The number of benzene rings is 2. The van der Waals surface area contributed by atoms with Gasteiger partial charge >= 0.3 is 0 Å². The van der Waals surface area contributed by atoms with Gasteiger partial charge in [-0.3, -0.25) is 14.6 Å². The van der Waals surface area contributed by atoms with E-state index in [0.717, 1.165) is 65.9 Å². The maximum Gasteiger partial charge on any atom is 0.250 e. The number of amidine groups is 1. The van der Waals surface area contributed by atoms with Crippen molar-refractivity contribution in [1.29, 1.82) is 0 Å². The van der Waals surface area contributed by atoms with E-state index in [1.165, 1.54) is 0 Å². The van der Waals surface area contributed by atoms with Crippen LogP contribution in [-0.4, -0.2) is 54.3 Å². The summed E-state index contributed by atoms with van der Waals surface area (Å²) in [6.45, 7) is 3.32. The van der Waals surface area contributed by atoms with Crippen LogP contribution in [0.15, 0.2) is 53.0 Å². The van der Waals surface area contributed by atoms with Gasteiger partial charge in [0.1, 0.15) is 5.84 Å². The topological polar surface area (TPSA) is 82.0 Å². The van der Waals surface area contributed by atoms with E-state index in [-0.39, 0.29) is 24.2 Å². The zero-order valence-electron chi connectivity index (χ0n) is 21.4. The molecule has 0 saturated heterocycles. The van der Waals surface area contributed by atoms with Crippen LogP contribution in [0.3, 0.4) is 0 Å². The first-order valence-electron chi connectivity index (χ1n) is 13.2. The highest BCUT2D eigenvalue weighted by atomic mass is 16.3. The second-order valence-corrected chi connectivity index (χ2v) is 9.74. The number of rotatable bonds is 9. The number of aliphatic hydroxyl groups excluding tert-OH is 1. The lowest BCUT2D eigenvalue weighted by molar-refractivity contribution is -0.127. The highest BCUT2D eigenvalue weighted by molar-refractivity contribution is 6.10. The lowest BCUT2D eigenvalue weighted by Crippen LogP contribution is -2.34. The van der Waals surface area contributed by atoms with Gasteiger partial charge in [-0.1, -0.05) is 56.2 Å². The number of aliphatic imine (C=N–C) groups is 1. The second-order valence-electron chi connectivity index (χ2n) is 9.74. The fourth-order valence-electron chi connectivity index (χ4n) is 5.16. The molecule has 1 amide bonds. The molecule has 1 saturated carbocycles. The number of fused-ring (bicyclic) bond motifs is 1. The lowest BCUT2D eigenvalue weighted by atomic mass is 9.94. The van der Waals surface area contributed by atoms with Crippen molar-refractivity contribution in [1.82, 2.24) is 4.90 Å². The molecule has 1 heterocycles. The minimum absolute atomic E-state index is 0.00676. The molecule has 0 bridgehead atoms. The van der Waals surface area contributed by atoms with Crippen LogP contribution in [0.1, 0.15) is 67.8 Å². The molecule has 2 N–H and O–H groups in total. The van der Waals surface area contributed by atoms with Crippen molar-refractivity contribution in [3.05, 3.63) is 59.2 Å². The van der Waals surface area contributed by atoms with E-state index in [1.54, 1.807) is 7.05 Å². The third-order valence-corrected chi connectivity index (χ3v) is 7.16. The Morgan fingerprint density at radius 2 is 1.78 bits per heavy atom. The highest BCUT2D eigenvalue weighted by Crippen LogP contribution is 2.32. The van der Waals surface area contributed by atoms with Crippen LogP contribution < -0.4 is 5.32 Å². The molecule has 0 unspecified atom stereocenters. The number of anilines is 1. The van der Waals surface area contributed by atoms with Crippen LogP contribution in [0.5, 0.6) is 0 Å². The number of carbonyl (C=O) groups is 2. The van der Waals surface area contributed by atoms with Crippen LogP contribution in [0.4, 0.5) is 5.69 Å². The standard InChI is InChI=1S/C30H37N3O3/c1-3-15-33(16-6-17-34)30(36)26-18-25-14-13-24(19-27(25)32-28(20-26)31-2)21-9-11-23(12-10-21)29(35)22-7-4-5-8-22/h9-14,18-19,22,34H,3-8,15-17,20H2,1-2H3,(H,31,32). The van der Waals surface area contributed by atoms with E-state index in [2.05, 4.69) is 29.4 Å². The molecule has 4 rings (SSSR count). The molecule has 2 aromatic rings. The first kappa shape index (κ1) is 25.8. The fraction of sp³-hybridized carbons (Fsp3) is 0.433. The first-order chi connectivity index (χ1) is 17.5. The SMILES string of the molecule is CCCN(CCCO)C(=O)C1=Cc2ccc(-c3ccc(C(=O)C4CCCC4)cc3)cc2NC(=NC)C1. The number of hydrogen-bond acceptors (Lipinski definition) is 4. The van der Waals surface area contributed by atoms with E-state index in [4.69, 9.17) is 0 Å². The molecule has 1 fully saturated rings. The largest absolute Gasteiger partial charge is 0.396 e. The molecule has 1 aliphatic carbocycles. The molecule has 6 nitrogen and oxygen atoms in total. The summed E-state index contributed by atoms with van der Waals surface area (Å²) < 4.78 is 0. The average molecular weight is 488 g/mol. The zero-order valence-corrected chi connectivity index (χ0v) is 21.4. The number of Topliss-reactive ketones (excluding diaryl/α,β-unsaturated/α-hetero) is 1. The smallest absolute Gasteiger partial charge is 0.250 e. The van der Waals surface area contributed by atoms with Crippen molar-refractivity contribution in [3.8, 4) is 11.1 Å². The average Bonchev–Trinajstić information content (AvgIpc) is 3.38. The Bertz CT molecular complexity index is 1140. The number of nitrogens with one attached hydrogen (secondary N) is 1. The lowest BCUT2D eigenvalue weighted by Gasteiger charge is -2.23. The monoisotopic (exact) mass is 487 g/mol. The maximum atomic E-state index is 13.4. The Labute approximate surface area is 214 Å². The highest BCUT2D eigenvalue weighted by Gasteiger charge is 2.24. The van der Waals surface area contributed by atoms with Crippen LogP contribution in [0.25, 0.3) is 17.2 Å². The number of ketones is 1. The number of amides is 1. The van der Waals surface area contributed by atoms with Gasteiger partial charge in [-0.15, -0.1) is 0 Å². The predicted molar refractivity (Wildman–Crippen MR) is 146 cm³/mol. The Morgan fingerprint density at radius 1 is 1.06 bits per heavy atom. The minimum atomic E-state index is -0.00676. The summed E-state index contributed by atoms with van der Waals surface area (Å²) in [5, 5.41) is 12.7. The first-order valence-corrected chi connectivity index (χ1v) is 13.2. The molecule has 2 aromatic carbocycles. The fourth-order valence-corrected chi connectivity index (χ4v) is 5.16. The van der Waals surface area contributed by atoms with E-state index >= 15 is 0 Å². The van der Waals surface area contributed by atoms with Crippen molar-refractivity contribution in [2.24, 2.45) is 10.9 Å². The number of nitrogens with zero attached hydrogens (tertiary/aromatic N) is 2. The molecule has 1 aliphatic heterocycles. The van der Waals surface area contributed by atoms with Gasteiger partial charge in [0.2, 0.25) is 5.91 Å². The molecule has 190 valence electrons. The Morgan fingerprint density at radius 3 is 2.44 bits per heavy atom. The molecular formula is C30H37N3O3. The quantitative estimate of drug-likeness (QED) is 0.453. The minimum Gasteiger partial charge on any atom is -0.396 e. The Kier molecular flexibility index (Phi) is 8.70. The normalized spacial score (nSPS) is 16.8. The van der Waals surface area contributed by atoms with Crippen LogP contribution in [-0.2, 0) is 4.79 Å². The molecule has 0 spiro atoms. The Balaban J connectivity index is 1.59. The molecule has 2 aliphatic rings. The van der Waals surface area contributed by atoms with Gasteiger partial charge in [0.25, 0.3) is 0 Å². The van der Waals surface area contributed by atoms with Gasteiger partial charge < -0.3 is 15.3 Å². The second kappa shape index (κ2) is 12.1. The van der Waals surface area contributed by atoms with E-state index < -0.39 is 0 Å². The van der Waals surface area contributed by atoms with Crippen molar-refractivity contribution < 1.29 is 14.7 Å². The van der Waals surface area contributed by atoms with Crippen LogP contribution in [0.2, 0.25) is 0 Å². The van der Waals surface area contributed by atoms with Crippen molar-refractivity contribution >= 4 is 29.3 Å². The van der Waals surface area contributed by atoms with Gasteiger partial charge in [0, 0.05) is 55.9 Å². The van der Waals surface area contributed by atoms with Crippen LogP contribution >= 0.6 is 0 Å². The summed E-state index contributed by atoms with van der Waals surface area (Å²) in [6.07, 6.45) is 8.14.